The number of nitrogens with one attached hydrogen (secondary N) is 1. The summed E-state index contributed by atoms with van der Waals surface area (Å²) in [5.74, 6) is 2.69. The fraction of sp³-hybridized carbons (Fsp3) is 0.462. The van der Waals surface area contributed by atoms with Crippen LogP contribution in [0.25, 0.3) is 0 Å². The smallest absolute Gasteiger partial charge is 0.107 e. The summed E-state index contributed by atoms with van der Waals surface area (Å²) >= 11 is 1.88. The summed E-state index contributed by atoms with van der Waals surface area (Å²) < 4.78 is 0. The highest BCUT2D eigenvalue weighted by Gasteiger charge is 2.09. The van der Waals surface area contributed by atoms with Gasteiger partial charge in [0.15, 0.2) is 0 Å². The van der Waals surface area contributed by atoms with Gasteiger partial charge in [-0.15, -0.1) is 11.8 Å². The van der Waals surface area contributed by atoms with Gasteiger partial charge < -0.3 is 17.7 Å². The third-order valence-corrected chi connectivity index (χ3v) is 3.75. The van der Waals surface area contributed by atoms with Gasteiger partial charge in [-0.25, -0.2) is 0 Å². The Hall–Kier alpha value is -0.670. The molecule has 0 aromatic heterocycles. The largest absolute Gasteiger partial charge is 1.00 e. The van der Waals surface area contributed by atoms with Crippen molar-refractivity contribution in [1.29, 1.82) is 0 Å². The minimum atomic E-state index is 0. The molecule has 0 saturated carbocycles. The maximum absolute atomic E-state index is 4.41. The standard InChI is InChI=1S/C13H18N2S.ClH/c1-10(2)11-5-3-4-6-12(11)16-9-13-14-7-8-15-13;/h3-6,10H,7-9H2,1-2H3,(H,14,15);1H/p-1. The van der Waals surface area contributed by atoms with Crippen molar-refractivity contribution in [3.05, 3.63) is 29.8 Å². The lowest BCUT2D eigenvalue weighted by Crippen LogP contribution is -3.00. The molecular formula is C13H18ClN2S-. The molecule has 1 N–H and O–H groups in total. The lowest BCUT2D eigenvalue weighted by Gasteiger charge is -2.11. The molecule has 0 aliphatic carbocycles. The van der Waals surface area contributed by atoms with Crippen LogP contribution < -0.4 is 17.7 Å². The Morgan fingerprint density at radius 3 is 2.76 bits per heavy atom. The molecule has 1 aliphatic heterocycles. The van der Waals surface area contributed by atoms with Crippen LogP contribution in [0, 0.1) is 0 Å². The second kappa shape index (κ2) is 6.92. The molecule has 1 heterocycles. The topological polar surface area (TPSA) is 24.4 Å². The quantitative estimate of drug-likeness (QED) is 0.773. The number of halogens is 1. The van der Waals surface area contributed by atoms with Gasteiger partial charge in [0.05, 0.1) is 12.3 Å². The second-order valence-corrected chi connectivity index (χ2v) is 5.25. The van der Waals surface area contributed by atoms with Crippen molar-refractivity contribution >= 4 is 17.6 Å². The molecule has 0 unspecified atom stereocenters. The van der Waals surface area contributed by atoms with Gasteiger partial charge >= 0.3 is 0 Å². The zero-order valence-corrected chi connectivity index (χ0v) is 11.8. The lowest BCUT2D eigenvalue weighted by molar-refractivity contribution is -0.00000347. The van der Waals surface area contributed by atoms with Crippen molar-refractivity contribution in [2.75, 3.05) is 18.8 Å². The van der Waals surface area contributed by atoms with Crippen LogP contribution in [0.3, 0.4) is 0 Å². The van der Waals surface area contributed by atoms with Crippen LogP contribution in [0.15, 0.2) is 34.2 Å². The number of nitrogens with zero attached hydrogens (tertiary/aromatic N) is 1. The summed E-state index contributed by atoms with van der Waals surface area (Å²) in [6.07, 6.45) is 0. The van der Waals surface area contributed by atoms with E-state index >= 15 is 0 Å². The van der Waals surface area contributed by atoms with Gasteiger partial charge in [0, 0.05) is 11.4 Å². The van der Waals surface area contributed by atoms with Gasteiger partial charge in [0.2, 0.25) is 0 Å². The van der Waals surface area contributed by atoms with Crippen molar-refractivity contribution in [1.82, 2.24) is 5.32 Å². The average molecular weight is 270 g/mol. The summed E-state index contributed by atoms with van der Waals surface area (Å²) in [6.45, 7) is 6.42. The molecule has 0 bridgehead atoms. The molecule has 0 spiro atoms. The number of rotatable bonds is 4. The molecule has 0 fully saturated rings. The number of benzene rings is 1. The summed E-state index contributed by atoms with van der Waals surface area (Å²) in [6, 6.07) is 8.65. The number of aliphatic imine (C=N–C) groups is 1. The van der Waals surface area contributed by atoms with E-state index in [4.69, 9.17) is 0 Å². The van der Waals surface area contributed by atoms with E-state index in [1.807, 2.05) is 11.8 Å². The molecule has 0 saturated heterocycles. The molecular weight excluding hydrogens is 252 g/mol. The van der Waals surface area contributed by atoms with Crippen molar-refractivity contribution in [3.8, 4) is 0 Å². The van der Waals surface area contributed by atoms with Gasteiger partial charge in [-0.1, -0.05) is 32.0 Å². The van der Waals surface area contributed by atoms with E-state index in [0.29, 0.717) is 5.92 Å². The Morgan fingerprint density at radius 2 is 2.12 bits per heavy atom. The molecule has 4 heteroatoms. The molecule has 2 nitrogen and oxygen atoms in total. The van der Waals surface area contributed by atoms with Crippen LogP contribution in [-0.2, 0) is 0 Å². The average Bonchev–Trinajstić information content (AvgIpc) is 2.79. The van der Waals surface area contributed by atoms with E-state index in [2.05, 4.69) is 48.4 Å². The van der Waals surface area contributed by atoms with Gasteiger partial charge in [0.25, 0.3) is 0 Å². The highest BCUT2D eigenvalue weighted by molar-refractivity contribution is 8.00. The third-order valence-electron chi connectivity index (χ3n) is 2.65. The fourth-order valence-corrected chi connectivity index (χ4v) is 2.91. The normalized spacial score (nSPS) is 14.2. The Balaban J connectivity index is 0.00000144. The Kier molecular flexibility index (Phi) is 5.86. The molecule has 0 amide bonds. The third kappa shape index (κ3) is 3.93. The molecule has 1 aromatic carbocycles. The Labute approximate surface area is 114 Å². The predicted molar refractivity (Wildman–Crippen MR) is 71.6 cm³/mol. The molecule has 0 radical (unpaired) electrons. The summed E-state index contributed by atoms with van der Waals surface area (Å²) in [5.41, 5.74) is 1.44. The zero-order valence-electron chi connectivity index (χ0n) is 10.2. The minimum Gasteiger partial charge on any atom is -1.00 e. The number of thioether (sulfide) groups is 1. The van der Waals surface area contributed by atoms with Crippen molar-refractivity contribution in [2.45, 2.75) is 24.7 Å². The first kappa shape index (κ1) is 14.4. The SMILES string of the molecule is CC(C)c1ccccc1SCC1=NCCN1.[Cl-]. The maximum Gasteiger partial charge on any atom is 0.107 e. The van der Waals surface area contributed by atoms with Crippen LogP contribution in [-0.4, -0.2) is 24.7 Å². The van der Waals surface area contributed by atoms with Crippen LogP contribution >= 0.6 is 11.8 Å². The maximum atomic E-state index is 4.41. The second-order valence-electron chi connectivity index (χ2n) is 4.24. The Morgan fingerprint density at radius 1 is 1.35 bits per heavy atom. The number of hydrogen-bond donors (Lipinski definition) is 1. The van der Waals surface area contributed by atoms with Crippen molar-refractivity contribution in [3.63, 3.8) is 0 Å². The van der Waals surface area contributed by atoms with Gasteiger partial charge in [-0.2, -0.15) is 0 Å². The fourth-order valence-electron chi connectivity index (χ4n) is 1.78. The van der Waals surface area contributed by atoms with E-state index in [1.165, 1.54) is 10.5 Å². The monoisotopic (exact) mass is 269 g/mol. The van der Waals surface area contributed by atoms with Crippen LogP contribution in [0.4, 0.5) is 0 Å². The van der Waals surface area contributed by atoms with E-state index in [0.717, 1.165) is 24.7 Å². The number of hydrogen-bond acceptors (Lipinski definition) is 3. The van der Waals surface area contributed by atoms with E-state index in [-0.39, 0.29) is 12.4 Å². The van der Waals surface area contributed by atoms with Crippen molar-refractivity contribution in [2.24, 2.45) is 4.99 Å². The molecule has 94 valence electrons. The number of amidine groups is 1. The first-order valence-electron chi connectivity index (χ1n) is 5.76. The molecule has 2 rings (SSSR count). The summed E-state index contributed by atoms with van der Waals surface area (Å²) in [4.78, 5) is 5.79. The highest BCUT2D eigenvalue weighted by atomic mass is 35.5. The zero-order chi connectivity index (χ0) is 11.4. The predicted octanol–water partition coefficient (Wildman–Crippen LogP) is -0.0922. The van der Waals surface area contributed by atoms with Crippen LogP contribution in [0.1, 0.15) is 25.3 Å². The molecule has 1 aromatic rings. The first-order chi connectivity index (χ1) is 7.77. The summed E-state index contributed by atoms with van der Waals surface area (Å²) in [7, 11) is 0. The van der Waals surface area contributed by atoms with E-state index in [1.54, 1.807) is 0 Å². The summed E-state index contributed by atoms with van der Waals surface area (Å²) in [5, 5.41) is 3.30. The molecule has 17 heavy (non-hydrogen) atoms. The minimum absolute atomic E-state index is 0. The van der Waals surface area contributed by atoms with Gasteiger partial charge in [-0.05, 0) is 17.5 Å². The van der Waals surface area contributed by atoms with Gasteiger partial charge in [-0.3, -0.25) is 4.99 Å². The van der Waals surface area contributed by atoms with E-state index in [9.17, 15) is 0 Å². The lowest BCUT2D eigenvalue weighted by atomic mass is 10.0. The van der Waals surface area contributed by atoms with E-state index < -0.39 is 0 Å². The van der Waals surface area contributed by atoms with Crippen molar-refractivity contribution < 1.29 is 12.4 Å². The molecule has 1 aliphatic rings. The van der Waals surface area contributed by atoms with Gasteiger partial charge in [0.1, 0.15) is 5.84 Å². The molecule has 0 atom stereocenters. The Bertz CT molecular complexity index is 391. The van der Waals surface area contributed by atoms with Crippen LogP contribution in [0.5, 0.6) is 0 Å². The van der Waals surface area contributed by atoms with Crippen LogP contribution in [0.2, 0.25) is 0 Å². The highest BCUT2D eigenvalue weighted by Crippen LogP contribution is 2.28. The first-order valence-corrected chi connectivity index (χ1v) is 6.75.